The van der Waals surface area contributed by atoms with Crippen molar-refractivity contribution in [1.29, 1.82) is 0 Å². The van der Waals surface area contributed by atoms with Crippen LogP contribution in [0.2, 0.25) is 5.02 Å². The molecule has 1 heterocycles. The molecule has 0 saturated heterocycles. The third kappa shape index (κ3) is 3.23. The minimum absolute atomic E-state index is 0.0541. The molecular formula is C17H15ClN2O2. The molecule has 0 aliphatic rings. The summed E-state index contributed by atoms with van der Waals surface area (Å²) in [7, 11) is 0. The molecule has 2 N–H and O–H groups in total. The molecule has 112 valence electrons. The van der Waals surface area contributed by atoms with Gasteiger partial charge in [0.1, 0.15) is 5.75 Å². The monoisotopic (exact) mass is 314 g/mol. The number of carbonyl (C=O) groups excluding carboxylic acids is 1. The molecule has 1 amide bonds. The number of benzene rings is 2. The number of halogens is 1. The van der Waals surface area contributed by atoms with Gasteiger partial charge in [-0.15, -0.1) is 0 Å². The Morgan fingerprint density at radius 1 is 1.23 bits per heavy atom. The molecule has 22 heavy (non-hydrogen) atoms. The highest BCUT2D eigenvalue weighted by Gasteiger charge is 2.08. The van der Waals surface area contributed by atoms with Crippen molar-refractivity contribution in [1.82, 2.24) is 4.98 Å². The molecule has 5 heteroatoms. The Labute approximate surface area is 133 Å². The molecule has 0 aliphatic heterocycles. The second kappa shape index (κ2) is 6.12. The van der Waals surface area contributed by atoms with Crippen LogP contribution < -0.4 is 10.1 Å². The molecule has 0 saturated carbocycles. The van der Waals surface area contributed by atoms with E-state index in [9.17, 15) is 4.79 Å². The number of rotatable bonds is 4. The highest BCUT2D eigenvalue weighted by atomic mass is 35.5. The van der Waals surface area contributed by atoms with Crippen molar-refractivity contribution in [3.05, 3.63) is 59.2 Å². The number of anilines is 1. The van der Waals surface area contributed by atoms with E-state index in [1.54, 1.807) is 24.3 Å². The number of aromatic nitrogens is 1. The topological polar surface area (TPSA) is 54.1 Å². The zero-order valence-corrected chi connectivity index (χ0v) is 12.8. The van der Waals surface area contributed by atoms with Crippen LogP contribution >= 0.6 is 11.6 Å². The third-order valence-corrected chi connectivity index (χ3v) is 3.51. The standard InChI is InChI=1S/C17H15ClN2O2/c1-11-9-14-15(19-11)3-2-4-16(14)20-17(21)10-22-13-7-5-12(18)6-8-13/h2-9,19H,10H2,1H3,(H,20,21). The molecule has 0 radical (unpaired) electrons. The van der Waals surface area contributed by atoms with Crippen LogP contribution in [-0.2, 0) is 4.79 Å². The van der Waals surface area contributed by atoms with Crippen molar-refractivity contribution in [2.75, 3.05) is 11.9 Å². The molecule has 0 bridgehead atoms. The van der Waals surface area contributed by atoms with Gasteiger partial charge in [-0.05, 0) is 49.4 Å². The number of aromatic amines is 1. The summed E-state index contributed by atoms with van der Waals surface area (Å²) in [5.74, 6) is 0.400. The summed E-state index contributed by atoms with van der Waals surface area (Å²) in [6, 6.07) is 14.6. The molecule has 0 fully saturated rings. The van der Waals surface area contributed by atoms with E-state index in [0.717, 1.165) is 22.3 Å². The number of H-pyrrole nitrogens is 1. The first-order valence-corrected chi connectivity index (χ1v) is 7.26. The predicted octanol–water partition coefficient (Wildman–Crippen LogP) is 4.15. The fourth-order valence-corrected chi connectivity index (χ4v) is 2.40. The highest BCUT2D eigenvalue weighted by Crippen LogP contribution is 2.24. The normalized spacial score (nSPS) is 10.6. The zero-order chi connectivity index (χ0) is 15.5. The lowest BCUT2D eigenvalue weighted by atomic mass is 10.2. The van der Waals surface area contributed by atoms with Crippen molar-refractivity contribution in [2.24, 2.45) is 0 Å². The number of carbonyl (C=O) groups is 1. The van der Waals surface area contributed by atoms with Gasteiger partial charge in [0.25, 0.3) is 5.91 Å². The van der Waals surface area contributed by atoms with Crippen LogP contribution in [-0.4, -0.2) is 17.5 Å². The van der Waals surface area contributed by atoms with E-state index < -0.39 is 0 Å². The average Bonchev–Trinajstić information content (AvgIpc) is 2.88. The van der Waals surface area contributed by atoms with Crippen molar-refractivity contribution in [3.8, 4) is 5.75 Å². The fourth-order valence-electron chi connectivity index (χ4n) is 2.27. The maximum atomic E-state index is 12.0. The fraction of sp³-hybridized carbons (Fsp3) is 0.118. The van der Waals surface area contributed by atoms with Crippen LogP contribution in [0.15, 0.2) is 48.5 Å². The van der Waals surface area contributed by atoms with Crippen LogP contribution in [0, 0.1) is 6.92 Å². The molecule has 0 unspecified atom stereocenters. The van der Waals surface area contributed by atoms with Crippen LogP contribution in [0.25, 0.3) is 10.9 Å². The Morgan fingerprint density at radius 2 is 2.00 bits per heavy atom. The lowest BCUT2D eigenvalue weighted by Gasteiger charge is -2.08. The van der Waals surface area contributed by atoms with Crippen molar-refractivity contribution in [2.45, 2.75) is 6.92 Å². The first kappa shape index (κ1) is 14.5. The Kier molecular flexibility index (Phi) is 4.02. The maximum absolute atomic E-state index is 12.0. The molecule has 0 spiro atoms. The Bertz CT molecular complexity index is 809. The van der Waals surface area contributed by atoms with Crippen LogP contribution in [0.1, 0.15) is 5.69 Å². The number of hydrogen-bond acceptors (Lipinski definition) is 2. The van der Waals surface area contributed by atoms with E-state index in [1.807, 2.05) is 31.2 Å². The Morgan fingerprint density at radius 3 is 2.77 bits per heavy atom. The first-order chi connectivity index (χ1) is 10.6. The van der Waals surface area contributed by atoms with E-state index >= 15 is 0 Å². The van der Waals surface area contributed by atoms with E-state index in [2.05, 4.69) is 10.3 Å². The van der Waals surface area contributed by atoms with E-state index in [1.165, 1.54) is 0 Å². The lowest BCUT2D eigenvalue weighted by molar-refractivity contribution is -0.118. The van der Waals surface area contributed by atoms with Gasteiger partial charge in [0.2, 0.25) is 0 Å². The summed E-state index contributed by atoms with van der Waals surface area (Å²) in [5, 5.41) is 4.49. The first-order valence-electron chi connectivity index (χ1n) is 6.88. The van der Waals surface area contributed by atoms with Crippen LogP contribution in [0.5, 0.6) is 5.75 Å². The van der Waals surface area contributed by atoms with Gasteiger partial charge in [0.05, 0.1) is 5.69 Å². The molecular weight excluding hydrogens is 300 g/mol. The molecule has 3 rings (SSSR count). The Hall–Kier alpha value is -2.46. The summed E-state index contributed by atoms with van der Waals surface area (Å²) < 4.78 is 5.43. The van der Waals surface area contributed by atoms with Gasteiger partial charge in [-0.1, -0.05) is 17.7 Å². The number of fused-ring (bicyclic) bond motifs is 1. The summed E-state index contributed by atoms with van der Waals surface area (Å²) in [5.41, 5.74) is 2.81. The SMILES string of the molecule is Cc1cc2c(NC(=O)COc3ccc(Cl)cc3)cccc2[nH]1. The van der Waals surface area contributed by atoms with Gasteiger partial charge in [-0.25, -0.2) is 0 Å². The predicted molar refractivity (Wildman–Crippen MR) is 88.6 cm³/mol. The largest absolute Gasteiger partial charge is 0.484 e. The van der Waals surface area contributed by atoms with Crippen LogP contribution in [0.3, 0.4) is 0 Å². The summed E-state index contributed by atoms with van der Waals surface area (Å²) in [6.07, 6.45) is 0. The smallest absolute Gasteiger partial charge is 0.262 e. The second-order valence-corrected chi connectivity index (χ2v) is 5.45. The summed E-state index contributed by atoms with van der Waals surface area (Å²) in [4.78, 5) is 15.3. The maximum Gasteiger partial charge on any atom is 0.262 e. The molecule has 0 aliphatic carbocycles. The molecule has 2 aromatic carbocycles. The molecule has 4 nitrogen and oxygen atoms in total. The van der Waals surface area contributed by atoms with Gasteiger partial charge in [-0.2, -0.15) is 0 Å². The Balaban J connectivity index is 1.67. The average molecular weight is 315 g/mol. The van der Waals surface area contributed by atoms with Gasteiger partial charge in [-0.3, -0.25) is 4.79 Å². The molecule has 0 atom stereocenters. The number of ether oxygens (including phenoxy) is 1. The van der Waals surface area contributed by atoms with E-state index in [4.69, 9.17) is 16.3 Å². The second-order valence-electron chi connectivity index (χ2n) is 5.01. The summed E-state index contributed by atoms with van der Waals surface area (Å²) >= 11 is 5.80. The van der Waals surface area contributed by atoms with Gasteiger partial charge >= 0.3 is 0 Å². The lowest BCUT2D eigenvalue weighted by Crippen LogP contribution is -2.20. The van der Waals surface area contributed by atoms with E-state index in [-0.39, 0.29) is 12.5 Å². The van der Waals surface area contributed by atoms with Gasteiger partial charge in [0.15, 0.2) is 6.61 Å². The van der Waals surface area contributed by atoms with Gasteiger partial charge in [0, 0.05) is 21.6 Å². The minimum atomic E-state index is -0.207. The molecule has 3 aromatic rings. The minimum Gasteiger partial charge on any atom is -0.484 e. The quantitative estimate of drug-likeness (QED) is 0.760. The molecule has 1 aromatic heterocycles. The number of aryl methyl sites for hydroxylation is 1. The zero-order valence-electron chi connectivity index (χ0n) is 12.0. The third-order valence-electron chi connectivity index (χ3n) is 3.26. The van der Waals surface area contributed by atoms with Crippen LogP contribution in [0.4, 0.5) is 5.69 Å². The number of amides is 1. The highest BCUT2D eigenvalue weighted by molar-refractivity contribution is 6.30. The number of nitrogens with one attached hydrogen (secondary N) is 2. The van der Waals surface area contributed by atoms with Crippen molar-refractivity contribution < 1.29 is 9.53 Å². The van der Waals surface area contributed by atoms with Crippen molar-refractivity contribution >= 4 is 34.1 Å². The van der Waals surface area contributed by atoms with Crippen molar-refractivity contribution in [3.63, 3.8) is 0 Å². The number of hydrogen-bond donors (Lipinski definition) is 2. The van der Waals surface area contributed by atoms with E-state index in [0.29, 0.717) is 10.8 Å². The van der Waals surface area contributed by atoms with Gasteiger partial charge < -0.3 is 15.0 Å². The summed E-state index contributed by atoms with van der Waals surface area (Å²) in [6.45, 7) is 1.93.